The molecule has 0 spiro atoms. The number of fused-ring (bicyclic) bond motifs is 1. The Morgan fingerprint density at radius 1 is 1.38 bits per heavy atom. The number of ether oxygens (including phenoxy) is 1. The van der Waals surface area contributed by atoms with Crippen LogP contribution in [0.3, 0.4) is 0 Å². The highest BCUT2D eigenvalue weighted by Crippen LogP contribution is 2.50. The van der Waals surface area contributed by atoms with Gasteiger partial charge in [-0.1, -0.05) is 32.4 Å². The van der Waals surface area contributed by atoms with Gasteiger partial charge in [0.25, 0.3) is 0 Å². The van der Waals surface area contributed by atoms with Crippen molar-refractivity contribution >= 4 is 5.97 Å². The van der Waals surface area contributed by atoms with Gasteiger partial charge in [-0.2, -0.15) is 0 Å². The second-order valence-electron chi connectivity index (χ2n) is 6.89. The van der Waals surface area contributed by atoms with Crippen LogP contribution in [0.5, 0.6) is 0 Å². The quantitative estimate of drug-likeness (QED) is 0.541. The highest BCUT2D eigenvalue weighted by atomic mass is 16.5. The van der Waals surface area contributed by atoms with Crippen LogP contribution >= 0.6 is 0 Å². The molecule has 116 valence electrons. The van der Waals surface area contributed by atoms with Gasteiger partial charge in [-0.25, -0.2) is 4.79 Å². The molecule has 0 aromatic heterocycles. The maximum atomic E-state index is 11.7. The largest absolute Gasteiger partial charge is 0.463 e. The number of carbonyl (C=O) groups excluding carboxylic acids is 1. The van der Waals surface area contributed by atoms with Crippen molar-refractivity contribution in [3.63, 3.8) is 0 Å². The van der Waals surface area contributed by atoms with Gasteiger partial charge in [0.2, 0.25) is 0 Å². The van der Waals surface area contributed by atoms with Crippen LogP contribution in [0.2, 0.25) is 0 Å². The SMILES string of the molecule is CCOC(=O)C=C1CCC2(C)CCC(C(C)C)=CC2=C1C. The van der Waals surface area contributed by atoms with Gasteiger partial charge in [-0.3, -0.25) is 0 Å². The smallest absolute Gasteiger partial charge is 0.331 e. The average molecular weight is 288 g/mol. The summed E-state index contributed by atoms with van der Waals surface area (Å²) in [5, 5.41) is 0. The van der Waals surface area contributed by atoms with Gasteiger partial charge >= 0.3 is 5.97 Å². The van der Waals surface area contributed by atoms with Crippen LogP contribution in [-0.2, 0) is 9.53 Å². The molecule has 0 N–H and O–H groups in total. The highest BCUT2D eigenvalue weighted by molar-refractivity contribution is 5.84. The van der Waals surface area contributed by atoms with Crippen molar-refractivity contribution in [1.29, 1.82) is 0 Å². The summed E-state index contributed by atoms with van der Waals surface area (Å²) in [7, 11) is 0. The zero-order valence-corrected chi connectivity index (χ0v) is 14.1. The molecule has 0 saturated heterocycles. The van der Waals surface area contributed by atoms with Crippen LogP contribution in [0, 0.1) is 11.3 Å². The molecule has 0 saturated carbocycles. The van der Waals surface area contributed by atoms with Crippen molar-refractivity contribution in [2.24, 2.45) is 11.3 Å². The molecule has 0 fully saturated rings. The van der Waals surface area contributed by atoms with E-state index in [0.717, 1.165) is 18.4 Å². The maximum Gasteiger partial charge on any atom is 0.331 e. The zero-order chi connectivity index (χ0) is 15.6. The maximum absolute atomic E-state index is 11.7. The predicted molar refractivity (Wildman–Crippen MR) is 86.9 cm³/mol. The van der Waals surface area contributed by atoms with E-state index in [-0.39, 0.29) is 11.4 Å². The number of rotatable bonds is 3. The lowest BCUT2D eigenvalue weighted by molar-refractivity contribution is -0.137. The van der Waals surface area contributed by atoms with Gasteiger partial charge in [0, 0.05) is 6.08 Å². The van der Waals surface area contributed by atoms with Crippen molar-refractivity contribution in [3.8, 4) is 0 Å². The lowest BCUT2D eigenvalue weighted by Crippen LogP contribution is -2.28. The Morgan fingerprint density at radius 2 is 2.05 bits per heavy atom. The first kappa shape index (κ1) is 16.1. The molecule has 1 unspecified atom stereocenters. The van der Waals surface area contributed by atoms with E-state index in [4.69, 9.17) is 4.74 Å². The van der Waals surface area contributed by atoms with Gasteiger partial charge in [-0.15, -0.1) is 0 Å². The van der Waals surface area contributed by atoms with Crippen LogP contribution < -0.4 is 0 Å². The normalized spacial score (nSPS) is 27.7. The van der Waals surface area contributed by atoms with Crippen molar-refractivity contribution in [2.75, 3.05) is 6.61 Å². The van der Waals surface area contributed by atoms with Gasteiger partial charge in [-0.05, 0) is 67.6 Å². The molecule has 21 heavy (non-hydrogen) atoms. The molecule has 0 aromatic rings. The van der Waals surface area contributed by atoms with Crippen LogP contribution in [0.4, 0.5) is 0 Å². The third-order valence-corrected chi connectivity index (χ3v) is 5.10. The molecule has 0 bridgehead atoms. The molecule has 0 heterocycles. The van der Waals surface area contributed by atoms with Crippen molar-refractivity contribution < 1.29 is 9.53 Å². The Hall–Kier alpha value is -1.31. The molecule has 0 amide bonds. The fourth-order valence-electron chi connectivity index (χ4n) is 3.54. The van der Waals surface area contributed by atoms with E-state index in [9.17, 15) is 4.79 Å². The summed E-state index contributed by atoms with van der Waals surface area (Å²) >= 11 is 0. The lowest BCUT2D eigenvalue weighted by Gasteiger charge is -2.41. The molecule has 1 atom stereocenters. The lowest BCUT2D eigenvalue weighted by atomic mass is 9.63. The fourth-order valence-corrected chi connectivity index (χ4v) is 3.54. The Balaban J connectivity index is 2.40. The Labute approximate surface area is 129 Å². The van der Waals surface area contributed by atoms with Gasteiger partial charge < -0.3 is 4.74 Å². The highest BCUT2D eigenvalue weighted by Gasteiger charge is 2.36. The summed E-state index contributed by atoms with van der Waals surface area (Å²) in [4.78, 5) is 11.7. The molecule has 0 aromatic carbocycles. The summed E-state index contributed by atoms with van der Waals surface area (Å²) in [5.74, 6) is 0.397. The van der Waals surface area contributed by atoms with E-state index in [2.05, 4.69) is 33.8 Å². The van der Waals surface area contributed by atoms with Crippen LogP contribution in [0.1, 0.15) is 60.3 Å². The zero-order valence-electron chi connectivity index (χ0n) is 14.1. The molecule has 2 aliphatic carbocycles. The Morgan fingerprint density at radius 3 is 2.67 bits per heavy atom. The average Bonchev–Trinajstić information content (AvgIpc) is 2.42. The Bertz CT molecular complexity index is 520. The third kappa shape index (κ3) is 3.30. The summed E-state index contributed by atoms with van der Waals surface area (Å²) < 4.78 is 5.06. The van der Waals surface area contributed by atoms with E-state index in [1.165, 1.54) is 24.0 Å². The number of allylic oxidation sites excluding steroid dienone is 5. The molecule has 2 nitrogen and oxygen atoms in total. The summed E-state index contributed by atoms with van der Waals surface area (Å²) in [6.07, 6.45) is 8.66. The molecular weight excluding hydrogens is 260 g/mol. The van der Waals surface area contributed by atoms with Crippen molar-refractivity contribution in [3.05, 3.63) is 34.4 Å². The fraction of sp³-hybridized carbons (Fsp3) is 0.632. The molecule has 2 heteroatoms. The summed E-state index contributed by atoms with van der Waals surface area (Å²) in [5.41, 5.74) is 5.71. The molecule has 2 aliphatic rings. The second kappa shape index (κ2) is 6.21. The van der Waals surface area contributed by atoms with E-state index in [1.54, 1.807) is 11.6 Å². The van der Waals surface area contributed by atoms with Crippen molar-refractivity contribution in [2.45, 2.75) is 60.3 Å². The molecule has 0 radical (unpaired) electrons. The van der Waals surface area contributed by atoms with Crippen LogP contribution in [0.25, 0.3) is 0 Å². The van der Waals surface area contributed by atoms with E-state index in [1.807, 2.05) is 6.92 Å². The van der Waals surface area contributed by atoms with Crippen LogP contribution in [-0.4, -0.2) is 12.6 Å². The number of carbonyl (C=O) groups is 1. The number of esters is 1. The monoisotopic (exact) mass is 288 g/mol. The predicted octanol–water partition coefficient (Wildman–Crippen LogP) is 4.97. The molecular formula is C19H28O2. The van der Waals surface area contributed by atoms with Gasteiger partial charge in [0.15, 0.2) is 0 Å². The van der Waals surface area contributed by atoms with Crippen molar-refractivity contribution in [1.82, 2.24) is 0 Å². The molecule has 0 aliphatic heterocycles. The van der Waals surface area contributed by atoms with Gasteiger partial charge in [0.1, 0.15) is 0 Å². The van der Waals surface area contributed by atoms with E-state index < -0.39 is 0 Å². The summed E-state index contributed by atoms with van der Waals surface area (Å²) in [6.45, 7) is 11.4. The minimum Gasteiger partial charge on any atom is -0.463 e. The topological polar surface area (TPSA) is 26.3 Å². The second-order valence-corrected chi connectivity index (χ2v) is 6.89. The van der Waals surface area contributed by atoms with E-state index in [0.29, 0.717) is 12.5 Å². The number of hydrogen-bond acceptors (Lipinski definition) is 2. The third-order valence-electron chi connectivity index (χ3n) is 5.10. The number of hydrogen-bond donors (Lipinski definition) is 0. The van der Waals surface area contributed by atoms with E-state index >= 15 is 0 Å². The first-order valence-corrected chi connectivity index (χ1v) is 8.17. The standard InChI is InChI=1S/C19H28O2/c1-6-21-18(20)12-16-8-10-19(5)9-7-15(13(2)3)11-17(19)14(16)4/h11-13H,6-10H2,1-5H3. The summed E-state index contributed by atoms with van der Waals surface area (Å²) in [6, 6.07) is 0. The first-order chi connectivity index (χ1) is 9.87. The Kier molecular flexibility index (Phi) is 4.75. The van der Waals surface area contributed by atoms with Gasteiger partial charge in [0.05, 0.1) is 6.61 Å². The minimum absolute atomic E-state index is 0.208. The minimum atomic E-state index is -0.208. The molecule has 2 rings (SSSR count). The first-order valence-electron chi connectivity index (χ1n) is 8.17. The van der Waals surface area contributed by atoms with Crippen LogP contribution in [0.15, 0.2) is 34.4 Å².